The molecule has 2 aromatic rings. The lowest BCUT2D eigenvalue weighted by atomic mass is 10.1. The Balaban J connectivity index is 1.57. The molecule has 0 atom stereocenters. The van der Waals surface area contributed by atoms with Gasteiger partial charge in [-0.15, -0.1) is 0 Å². The number of rotatable bonds is 5. The SMILES string of the molecule is Cc1ccc(-c2cc(N3CCN(C(=O)NCCC(C)C)CC3)ncn2)cc1. The Bertz CT molecular complexity index is 751. The highest BCUT2D eigenvalue weighted by molar-refractivity contribution is 5.74. The number of aryl methyl sites for hydroxylation is 1. The van der Waals surface area contributed by atoms with Crippen molar-refractivity contribution in [1.29, 1.82) is 0 Å². The molecule has 3 rings (SSSR count). The van der Waals surface area contributed by atoms with E-state index in [4.69, 9.17) is 0 Å². The standard InChI is InChI=1S/C21H29N5O/c1-16(2)8-9-22-21(27)26-12-10-25(11-13-26)20-14-19(23-15-24-20)18-6-4-17(3)5-7-18/h4-7,14-16H,8-13H2,1-3H3,(H,22,27). The summed E-state index contributed by atoms with van der Waals surface area (Å²) in [6, 6.07) is 10.4. The average molecular weight is 367 g/mol. The zero-order chi connectivity index (χ0) is 19.2. The zero-order valence-corrected chi connectivity index (χ0v) is 16.5. The molecule has 1 N–H and O–H groups in total. The van der Waals surface area contributed by atoms with E-state index in [0.29, 0.717) is 19.0 Å². The topological polar surface area (TPSA) is 61.4 Å². The maximum Gasteiger partial charge on any atom is 0.317 e. The van der Waals surface area contributed by atoms with Crippen molar-refractivity contribution in [2.45, 2.75) is 27.2 Å². The number of benzene rings is 1. The lowest BCUT2D eigenvalue weighted by Gasteiger charge is -2.35. The van der Waals surface area contributed by atoms with Crippen molar-refractivity contribution in [1.82, 2.24) is 20.2 Å². The molecule has 0 spiro atoms. The quantitative estimate of drug-likeness (QED) is 0.881. The third-order valence-corrected chi connectivity index (χ3v) is 4.89. The van der Waals surface area contributed by atoms with Crippen LogP contribution in [0.5, 0.6) is 0 Å². The van der Waals surface area contributed by atoms with Gasteiger partial charge in [-0.3, -0.25) is 0 Å². The van der Waals surface area contributed by atoms with Gasteiger partial charge >= 0.3 is 6.03 Å². The van der Waals surface area contributed by atoms with E-state index in [1.54, 1.807) is 6.33 Å². The summed E-state index contributed by atoms with van der Waals surface area (Å²) in [5, 5.41) is 3.02. The van der Waals surface area contributed by atoms with Crippen molar-refractivity contribution in [2.75, 3.05) is 37.6 Å². The van der Waals surface area contributed by atoms with Gasteiger partial charge in [0.2, 0.25) is 0 Å². The third kappa shape index (κ3) is 5.18. The molecule has 1 aliphatic rings. The third-order valence-electron chi connectivity index (χ3n) is 4.89. The summed E-state index contributed by atoms with van der Waals surface area (Å²) in [5.41, 5.74) is 3.25. The van der Waals surface area contributed by atoms with Gasteiger partial charge in [-0.25, -0.2) is 14.8 Å². The van der Waals surface area contributed by atoms with E-state index in [0.717, 1.165) is 43.1 Å². The Kier molecular flexibility index (Phi) is 6.27. The number of nitrogens with zero attached hydrogens (tertiary/aromatic N) is 4. The van der Waals surface area contributed by atoms with Crippen molar-refractivity contribution < 1.29 is 4.79 Å². The second kappa shape index (κ2) is 8.84. The number of urea groups is 1. The van der Waals surface area contributed by atoms with Crippen molar-refractivity contribution in [3.05, 3.63) is 42.2 Å². The maximum absolute atomic E-state index is 12.3. The first-order valence-corrected chi connectivity index (χ1v) is 9.70. The Morgan fingerprint density at radius 1 is 1.11 bits per heavy atom. The Labute approximate surface area is 161 Å². The molecule has 0 saturated carbocycles. The van der Waals surface area contributed by atoms with Gasteiger partial charge in [0.25, 0.3) is 0 Å². The summed E-state index contributed by atoms with van der Waals surface area (Å²) in [4.78, 5) is 25.2. The molecular formula is C21H29N5O. The van der Waals surface area contributed by atoms with E-state index in [-0.39, 0.29) is 6.03 Å². The Morgan fingerprint density at radius 3 is 2.48 bits per heavy atom. The molecule has 2 amide bonds. The molecule has 144 valence electrons. The van der Waals surface area contributed by atoms with Crippen LogP contribution in [0.15, 0.2) is 36.7 Å². The highest BCUT2D eigenvalue weighted by Gasteiger charge is 2.22. The molecule has 0 radical (unpaired) electrons. The van der Waals surface area contributed by atoms with Gasteiger partial charge in [-0.2, -0.15) is 0 Å². The van der Waals surface area contributed by atoms with Gasteiger partial charge in [0.1, 0.15) is 12.1 Å². The van der Waals surface area contributed by atoms with Gasteiger partial charge in [-0.05, 0) is 19.3 Å². The van der Waals surface area contributed by atoms with E-state index in [1.807, 2.05) is 11.0 Å². The van der Waals surface area contributed by atoms with Gasteiger partial charge < -0.3 is 15.1 Å². The first-order chi connectivity index (χ1) is 13.0. The van der Waals surface area contributed by atoms with Crippen molar-refractivity contribution in [3.8, 4) is 11.3 Å². The lowest BCUT2D eigenvalue weighted by Crippen LogP contribution is -2.52. The van der Waals surface area contributed by atoms with Crippen molar-refractivity contribution in [3.63, 3.8) is 0 Å². The molecule has 6 heteroatoms. The number of aromatic nitrogens is 2. The van der Waals surface area contributed by atoms with E-state index in [1.165, 1.54) is 5.56 Å². The summed E-state index contributed by atoms with van der Waals surface area (Å²) in [7, 11) is 0. The van der Waals surface area contributed by atoms with Crippen LogP contribution in [0, 0.1) is 12.8 Å². The smallest absolute Gasteiger partial charge is 0.317 e. The summed E-state index contributed by atoms with van der Waals surface area (Å²) >= 11 is 0. The van der Waals surface area contributed by atoms with Crippen molar-refractivity contribution >= 4 is 11.8 Å². The second-order valence-corrected chi connectivity index (χ2v) is 7.52. The number of amides is 2. The normalized spacial score (nSPS) is 14.5. The molecule has 2 heterocycles. The molecule has 0 unspecified atom stereocenters. The highest BCUT2D eigenvalue weighted by atomic mass is 16.2. The van der Waals surface area contributed by atoms with E-state index < -0.39 is 0 Å². The van der Waals surface area contributed by atoms with Gasteiger partial charge in [-0.1, -0.05) is 43.7 Å². The predicted octanol–water partition coefficient (Wildman–Crippen LogP) is 3.33. The molecule has 6 nitrogen and oxygen atoms in total. The maximum atomic E-state index is 12.3. The number of hydrogen-bond donors (Lipinski definition) is 1. The second-order valence-electron chi connectivity index (χ2n) is 7.52. The van der Waals surface area contributed by atoms with E-state index >= 15 is 0 Å². The first kappa shape index (κ1) is 19.1. The Morgan fingerprint density at radius 2 is 1.81 bits per heavy atom. The number of piperazine rings is 1. The first-order valence-electron chi connectivity index (χ1n) is 9.70. The molecule has 1 aliphatic heterocycles. The van der Waals surface area contributed by atoms with Crippen LogP contribution in [0.2, 0.25) is 0 Å². The van der Waals surface area contributed by atoms with Crippen LogP contribution in [0.3, 0.4) is 0 Å². The number of nitrogens with one attached hydrogen (secondary N) is 1. The summed E-state index contributed by atoms with van der Waals surface area (Å²) < 4.78 is 0. The van der Waals surface area contributed by atoms with Gasteiger partial charge in [0.15, 0.2) is 0 Å². The number of anilines is 1. The molecule has 1 aromatic heterocycles. The largest absolute Gasteiger partial charge is 0.353 e. The molecule has 0 aliphatic carbocycles. The van der Waals surface area contributed by atoms with Crippen molar-refractivity contribution in [2.24, 2.45) is 5.92 Å². The molecule has 1 saturated heterocycles. The predicted molar refractivity (Wildman–Crippen MR) is 109 cm³/mol. The zero-order valence-electron chi connectivity index (χ0n) is 16.5. The number of carbonyl (C=O) groups excluding carboxylic acids is 1. The van der Waals surface area contributed by atoms with Crippen LogP contribution in [-0.4, -0.2) is 53.6 Å². The van der Waals surface area contributed by atoms with Crippen LogP contribution in [0.25, 0.3) is 11.3 Å². The van der Waals surface area contributed by atoms with Gasteiger partial charge in [0.05, 0.1) is 5.69 Å². The lowest BCUT2D eigenvalue weighted by molar-refractivity contribution is 0.193. The van der Waals surface area contributed by atoms with Crippen LogP contribution in [-0.2, 0) is 0 Å². The van der Waals surface area contributed by atoms with E-state index in [9.17, 15) is 4.79 Å². The van der Waals surface area contributed by atoms with Crippen LogP contribution >= 0.6 is 0 Å². The van der Waals surface area contributed by atoms with Crippen LogP contribution < -0.4 is 10.2 Å². The summed E-state index contributed by atoms with van der Waals surface area (Å²) in [6.07, 6.45) is 2.63. The summed E-state index contributed by atoms with van der Waals surface area (Å²) in [5.74, 6) is 1.52. The highest BCUT2D eigenvalue weighted by Crippen LogP contribution is 2.22. The van der Waals surface area contributed by atoms with Crippen LogP contribution in [0.4, 0.5) is 10.6 Å². The molecule has 1 fully saturated rings. The fourth-order valence-electron chi connectivity index (χ4n) is 3.12. The summed E-state index contributed by atoms with van der Waals surface area (Å²) in [6.45, 7) is 10.1. The fraction of sp³-hybridized carbons (Fsp3) is 0.476. The minimum absolute atomic E-state index is 0.0401. The number of carbonyl (C=O) groups is 1. The van der Waals surface area contributed by atoms with E-state index in [2.05, 4.69) is 65.2 Å². The minimum Gasteiger partial charge on any atom is -0.353 e. The number of hydrogen-bond acceptors (Lipinski definition) is 4. The molecule has 1 aromatic carbocycles. The fourth-order valence-corrected chi connectivity index (χ4v) is 3.12. The van der Waals surface area contributed by atoms with Gasteiger partial charge in [0, 0.05) is 44.4 Å². The molecule has 27 heavy (non-hydrogen) atoms. The van der Waals surface area contributed by atoms with Crippen LogP contribution in [0.1, 0.15) is 25.8 Å². The molecular weight excluding hydrogens is 338 g/mol. The minimum atomic E-state index is 0.0401. The molecule has 0 bridgehead atoms. The monoisotopic (exact) mass is 367 g/mol. The Hall–Kier alpha value is -2.63. The average Bonchev–Trinajstić information content (AvgIpc) is 2.68.